The summed E-state index contributed by atoms with van der Waals surface area (Å²) in [4.78, 5) is 10.9. The second kappa shape index (κ2) is 4.48. The molecule has 0 heterocycles. The van der Waals surface area contributed by atoms with Crippen molar-refractivity contribution in [2.45, 2.75) is 39.3 Å². The normalized spacial score (nSPS) is 14.4. The average molecular weight is 182 g/mol. The molecule has 0 aromatic rings. The minimum Gasteiger partial charge on any atom is -0.299 e. The fourth-order valence-corrected chi connectivity index (χ4v) is 1.06. The van der Waals surface area contributed by atoms with Gasteiger partial charge in [0.1, 0.15) is 11.7 Å². The zero-order valence-electron chi connectivity index (χ0n) is 7.24. The lowest BCUT2D eigenvalue weighted by atomic mass is 9.97. The van der Waals surface area contributed by atoms with E-state index >= 15 is 0 Å². The van der Waals surface area contributed by atoms with Crippen LogP contribution in [-0.4, -0.2) is 12.0 Å². The van der Waals surface area contributed by atoms with Crippen LogP contribution in [0.2, 0.25) is 0 Å². The molecule has 0 aromatic heterocycles. The minimum absolute atomic E-state index is 0.0258. The molecule has 12 heavy (non-hydrogen) atoms. The predicted octanol–water partition coefficient (Wildman–Crippen LogP) is 2.94. The number of carbonyl (C=O) groups excluding carboxylic acids is 1. The van der Waals surface area contributed by atoms with Crippen LogP contribution in [0.15, 0.2) is 0 Å². The van der Waals surface area contributed by atoms with Gasteiger partial charge >= 0.3 is 6.18 Å². The molecule has 0 radical (unpaired) electrons. The summed E-state index contributed by atoms with van der Waals surface area (Å²) in [6.45, 7) is 3.08. The van der Waals surface area contributed by atoms with E-state index in [4.69, 9.17) is 0 Å². The largest absolute Gasteiger partial charge is 0.398 e. The molecule has 4 heteroatoms. The summed E-state index contributed by atoms with van der Waals surface area (Å²) in [5.41, 5.74) is 0. The van der Waals surface area contributed by atoms with E-state index in [0.717, 1.165) is 0 Å². The summed E-state index contributed by atoms with van der Waals surface area (Å²) in [5.74, 6) is -2.44. The van der Waals surface area contributed by atoms with Crippen LogP contribution in [0.1, 0.15) is 33.1 Å². The first-order valence-corrected chi connectivity index (χ1v) is 4.02. The van der Waals surface area contributed by atoms with E-state index in [2.05, 4.69) is 0 Å². The number of Topliss-reactive ketones (excluding diaryl/α,β-unsaturated/α-hetero) is 1. The molecule has 72 valence electrons. The van der Waals surface area contributed by atoms with Gasteiger partial charge in [0.25, 0.3) is 0 Å². The maximum atomic E-state index is 12.1. The van der Waals surface area contributed by atoms with Gasteiger partial charge in [-0.25, -0.2) is 0 Å². The van der Waals surface area contributed by atoms with Crippen molar-refractivity contribution in [1.82, 2.24) is 0 Å². The SMILES string of the molecule is CCCC(=O)C(CC)C(F)(F)F. The third-order valence-electron chi connectivity index (χ3n) is 1.69. The Morgan fingerprint density at radius 3 is 2.08 bits per heavy atom. The van der Waals surface area contributed by atoms with Gasteiger partial charge in [-0.3, -0.25) is 4.79 Å². The summed E-state index contributed by atoms with van der Waals surface area (Å²) in [5, 5.41) is 0. The third kappa shape index (κ3) is 3.24. The first-order valence-electron chi connectivity index (χ1n) is 4.02. The summed E-state index contributed by atoms with van der Waals surface area (Å²) in [6, 6.07) is 0. The van der Waals surface area contributed by atoms with Gasteiger partial charge in [0, 0.05) is 6.42 Å². The predicted molar refractivity (Wildman–Crippen MR) is 39.8 cm³/mol. The highest BCUT2D eigenvalue weighted by atomic mass is 19.4. The highest BCUT2D eigenvalue weighted by Gasteiger charge is 2.42. The van der Waals surface area contributed by atoms with E-state index in [1.54, 1.807) is 6.92 Å². The van der Waals surface area contributed by atoms with E-state index in [9.17, 15) is 18.0 Å². The van der Waals surface area contributed by atoms with Crippen LogP contribution in [0.25, 0.3) is 0 Å². The molecule has 1 nitrogen and oxygen atoms in total. The Hall–Kier alpha value is -0.540. The smallest absolute Gasteiger partial charge is 0.299 e. The number of rotatable bonds is 4. The molecule has 0 saturated carbocycles. The van der Waals surface area contributed by atoms with Crippen molar-refractivity contribution in [2.75, 3.05) is 0 Å². The average Bonchev–Trinajstić information content (AvgIpc) is 1.85. The van der Waals surface area contributed by atoms with E-state index in [0.29, 0.717) is 6.42 Å². The summed E-state index contributed by atoms with van der Waals surface area (Å²) in [6.07, 6.45) is -4.01. The Morgan fingerprint density at radius 1 is 1.33 bits per heavy atom. The molecule has 0 spiro atoms. The lowest BCUT2D eigenvalue weighted by Crippen LogP contribution is -2.29. The lowest BCUT2D eigenvalue weighted by Gasteiger charge is -2.16. The lowest BCUT2D eigenvalue weighted by molar-refractivity contribution is -0.181. The van der Waals surface area contributed by atoms with Crippen molar-refractivity contribution >= 4 is 5.78 Å². The van der Waals surface area contributed by atoms with Crippen LogP contribution < -0.4 is 0 Å². The van der Waals surface area contributed by atoms with Gasteiger partial charge in [0.2, 0.25) is 0 Å². The first-order chi connectivity index (χ1) is 5.43. The van der Waals surface area contributed by atoms with Crippen molar-refractivity contribution < 1.29 is 18.0 Å². The van der Waals surface area contributed by atoms with Crippen molar-refractivity contribution in [3.8, 4) is 0 Å². The molecule has 0 amide bonds. The zero-order valence-corrected chi connectivity index (χ0v) is 7.24. The molecule has 0 saturated heterocycles. The van der Waals surface area contributed by atoms with Gasteiger partial charge in [-0.05, 0) is 12.8 Å². The maximum Gasteiger partial charge on any atom is 0.398 e. The molecule has 0 aliphatic carbocycles. The van der Waals surface area contributed by atoms with E-state index < -0.39 is 17.9 Å². The Bertz CT molecular complexity index is 151. The zero-order chi connectivity index (χ0) is 9.78. The fourth-order valence-electron chi connectivity index (χ4n) is 1.06. The molecule has 1 atom stereocenters. The van der Waals surface area contributed by atoms with Gasteiger partial charge in [-0.1, -0.05) is 13.8 Å². The highest BCUT2D eigenvalue weighted by Crippen LogP contribution is 2.30. The van der Waals surface area contributed by atoms with Crippen molar-refractivity contribution in [2.24, 2.45) is 5.92 Å². The van der Waals surface area contributed by atoms with Gasteiger partial charge < -0.3 is 0 Å². The van der Waals surface area contributed by atoms with E-state index in [-0.39, 0.29) is 12.8 Å². The second-order valence-electron chi connectivity index (χ2n) is 2.72. The number of hydrogen-bond acceptors (Lipinski definition) is 1. The number of halogens is 3. The Labute approximate surface area is 70.0 Å². The van der Waals surface area contributed by atoms with E-state index in [1.807, 2.05) is 0 Å². The van der Waals surface area contributed by atoms with Crippen molar-refractivity contribution in [3.63, 3.8) is 0 Å². The van der Waals surface area contributed by atoms with Crippen LogP contribution in [0, 0.1) is 5.92 Å². The second-order valence-corrected chi connectivity index (χ2v) is 2.72. The Kier molecular flexibility index (Phi) is 4.28. The third-order valence-corrected chi connectivity index (χ3v) is 1.69. The van der Waals surface area contributed by atoms with Gasteiger partial charge in [-0.15, -0.1) is 0 Å². The topological polar surface area (TPSA) is 17.1 Å². The van der Waals surface area contributed by atoms with Gasteiger partial charge in [-0.2, -0.15) is 13.2 Å². The number of carbonyl (C=O) groups is 1. The fraction of sp³-hybridized carbons (Fsp3) is 0.875. The first kappa shape index (κ1) is 11.5. The molecule has 0 aliphatic rings. The van der Waals surface area contributed by atoms with Crippen molar-refractivity contribution in [3.05, 3.63) is 0 Å². The van der Waals surface area contributed by atoms with E-state index in [1.165, 1.54) is 6.92 Å². The molecular formula is C8H13F3O. The molecule has 0 aromatic carbocycles. The van der Waals surface area contributed by atoms with Crippen molar-refractivity contribution in [1.29, 1.82) is 0 Å². The molecular weight excluding hydrogens is 169 g/mol. The van der Waals surface area contributed by atoms with Crippen LogP contribution >= 0.6 is 0 Å². The number of hydrogen-bond donors (Lipinski definition) is 0. The Morgan fingerprint density at radius 2 is 1.83 bits per heavy atom. The molecule has 0 aliphatic heterocycles. The Balaban J connectivity index is 4.25. The van der Waals surface area contributed by atoms with Gasteiger partial charge in [0.15, 0.2) is 0 Å². The van der Waals surface area contributed by atoms with Crippen LogP contribution in [0.4, 0.5) is 13.2 Å². The van der Waals surface area contributed by atoms with Crippen LogP contribution in [-0.2, 0) is 4.79 Å². The monoisotopic (exact) mass is 182 g/mol. The number of alkyl halides is 3. The minimum atomic E-state index is -4.36. The quantitative estimate of drug-likeness (QED) is 0.653. The molecule has 1 unspecified atom stereocenters. The molecule has 0 fully saturated rings. The van der Waals surface area contributed by atoms with Gasteiger partial charge in [0.05, 0.1) is 0 Å². The molecule has 0 rings (SSSR count). The molecule has 0 bridgehead atoms. The standard InChI is InChI=1S/C8H13F3O/c1-3-5-7(12)6(4-2)8(9,10)11/h6H,3-5H2,1-2H3. The summed E-state index contributed by atoms with van der Waals surface area (Å²) < 4.78 is 36.2. The molecule has 0 N–H and O–H groups in total. The maximum absolute atomic E-state index is 12.1. The number of ketones is 1. The summed E-state index contributed by atoms with van der Waals surface area (Å²) >= 11 is 0. The van der Waals surface area contributed by atoms with Crippen LogP contribution in [0.3, 0.4) is 0 Å². The summed E-state index contributed by atoms with van der Waals surface area (Å²) in [7, 11) is 0. The highest BCUT2D eigenvalue weighted by molar-refractivity contribution is 5.81. The van der Waals surface area contributed by atoms with Crippen LogP contribution in [0.5, 0.6) is 0 Å².